The van der Waals surface area contributed by atoms with Gasteiger partial charge in [-0.1, -0.05) is 0 Å². The summed E-state index contributed by atoms with van der Waals surface area (Å²) in [6.45, 7) is 4.90. The molecule has 0 heterocycles. The molecule has 0 aliphatic rings. The van der Waals surface area contributed by atoms with Gasteiger partial charge in [0.2, 0.25) is 0 Å². The van der Waals surface area contributed by atoms with Crippen molar-refractivity contribution in [3.8, 4) is 6.07 Å². The molecule has 70 valence electrons. The summed E-state index contributed by atoms with van der Waals surface area (Å²) in [5, 5.41) is 11.7. The van der Waals surface area contributed by atoms with E-state index < -0.39 is 0 Å². The van der Waals surface area contributed by atoms with Crippen molar-refractivity contribution in [3.05, 3.63) is 0 Å². The fourth-order valence-electron chi connectivity index (χ4n) is 1.06. The van der Waals surface area contributed by atoms with Crippen LogP contribution in [-0.4, -0.2) is 25.8 Å². The van der Waals surface area contributed by atoms with Crippen LogP contribution in [0, 0.1) is 11.3 Å². The van der Waals surface area contributed by atoms with E-state index in [1.165, 1.54) is 0 Å². The first kappa shape index (κ1) is 11.4. The van der Waals surface area contributed by atoms with Gasteiger partial charge in [-0.2, -0.15) is 5.26 Å². The first-order valence-corrected chi connectivity index (χ1v) is 4.32. The number of ether oxygens (including phenoxy) is 1. The Balaban J connectivity index is 3.41. The van der Waals surface area contributed by atoms with E-state index in [9.17, 15) is 0 Å². The second kappa shape index (κ2) is 7.08. The fourth-order valence-corrected chi connectivity index (χ4v) is 1.06. The largest absolute Gasteiger partial charge is 0.385 e. The molecular formula is C9H18N2O. The average molecular weight is 170 g/mol. The smallest absolute Gasteiger partial charge is 0.0638 e. The molecule has 0 aromatic rings. The molecule has 2 atom stereocenters. The van der Waals surface area contributed by atoms with Gasteiger partial charge in [-0.25, -0.2) is 0 Å². The number of nitriles is 1. The van der Waals surface area contributed by atoms with E-state index in [1.54, 1.807) is 7.11 Å². The van der Waals surface area contributed by atoms with E-state index in [-0.39, 0.29) is 6.04 Å². The van der Waals surface area contributed by atoms with Crippen molar-refractivity contribution in [2.75, 3.05) is 13.7 Å². The van der Waals surface area contributed by atoms with E-state index in [4.69, 9.17) is 10.00 Å². The highest BCUT2D eigenvalue weighted by Gasteiger charge is 2.05. The lowest BCUT2D eigenvalue weighted by Gasteiger charge is -2.17. The lowest BCUT2D eigenvalue weighted by atomic mass is 10.2. The van der Waals surface area contributed by atoms with Gasteiger partial charge in [-0.15, -0.1) is 0 Å². The molecule has 0 radical (unpaired) electrons. The Bertz CT molecular complexity index is 142. The van der Waals surface area contributed by atoms with Gasteiger partial charge in [0.05, 0.1) is 12.5 Å². The molecule has 3 heteroatoms. The van der Waals surface area contributed by atoms with Crippen molar-refractivity contribution in [3.63, 3.8) is 0 Å². The zero-order valence-corrected chi connectivity index (χ0v) is 8.13. The Hall–Kier alpha value is -0.590. The summed E-state index contributed by atoms with van der Waals surface area (Å²) in [7, 11) is 1.70. The zero-order valence-electron chi connectivity index (χ0n) is 8.13. The highest BCUT2D eigenvalue weighted by molar-refractivity contribution is 4.79. The maximum absolute atomic E-state index is 8.41. The molecule has 0 bridgehead atoms. The first-order chi connectivity index (χ1) is 5.70. The van der Waals surface area contributed by atoms with Crippen LogP contribution in [0.3, 0.4) is 0 Å². The Kier molecular flexibility index (Phi) is 6.73. The molecule has 0 saturated carbocycles. The Morgan fingerprint density at radius 2 is 2.08 bits per heavy atom. The Morgan fingerprint density at radius 3 is 2.58 bits per heavy atom. The van der Waals surface area contributed by atoms with Gasteiger partial charge < -0.3 is 10.1 Å². The molecule has 0 aliphatic heterocycles. The Morgan fingerprint density at radius 1 is 1.42 bits per heavy atom. The summed E-state index contributed by atoms with van der Waals surface area (Å²) in [6, 6.07) is 2.84. The van der Waals surface area contributed by atoms with E-state index in [0.717, 1.165) is 13.0 Å². The fraction of sp³-hybridized carbons (Fsp3) is 0.889. The van der Waals surface area contributed by atoms with Crippen molar-refractivity contribution in [2.24, 2.45) is 0 Å². The number of hydrogen-bond donors (Lipinski definition) is 1. The SMILES string of the molecule is COCCC(C)NC(C)CC#N. The molecule has 1 N–H and O–H groups in total. The molecular weight excluding hydrogens is 152 g/mol. The third-order valence-electron chi connectivity index (χ3n) is 1.72. The zero-order chi connectivity index (χ0) is 9.40. The molecule has 0 amide bonds. The molecule has 0 aliphatic carbocycles. The third-order valence-corrected chi connectivity index (χ3v) is 1.72. The molecule has 2 unspecified atom stereocenters. The van der Waals surface area contributed by atoms with Crippen molar-refractivity contribution < 1.29 is 4.74 Å². The number of rotatable bonds is 6. The molecule has 0 aromatic carbocycles. The van der Waals surface area contributed by atoms with Crippen LogP contribution in [0.4, 0.5) is 0 Å². The molecule has 0 fully saturated rings. The van der Waals surface area contributed by atoms with E-state index in [2.05, 4.69) is 18.3 Å². The average Bonchev–Trinajstić information content (AvgIpc) is 2.01. The number of methoxy groups -OCH3 is 1. The second-order valence-electron chi connectivity index (χ2n) is 3.11. The van der Waals surface area contributed by atoms with E-state index >= 15 is 0 Å². The molecule has 12 heavy (non-hydrogen) atoms. The van der Waals surface area contributed by atoms with Crippen LogP contribution < -0.4 is 5.32 Å². The van der Waals surface area contributed by atoms with Gasteiger partial charge in [-0.3, -0.25) is 0 Å². The van der Waals surface area contributed by atoms with Crippen LogP contribution in [0.5, 0.6) is 0 Å². The summed E-state index contributed by atoms with van der Waals surface area (Å²) in [6.07, 6.45) is 1.56. The highest BCUT2D eigenvalue weighted by Crippen LogP contribution is 1.95. The Labute approximate surface area is 74.7 Å². The second-order valence-corrected chi connectivity index (χ2v) is 3.11. The van der Waals surface area contributed by atoms with Gasteiger partial charge in [0.1, 0.15) is 0 Å². The predicted octanol–water partition coefficient (Wildman–Crippen LogP) is 1.30. The van der Waals surface area contributed by atoms with Crippen molar-refractivity contribution in [2.45, 2.75) is 38.8 Å². The van der Waals surface area contributed by atoms with Crippen LogP contribution >= 0.6 is 0 Å². The van der Waals surface area contributed by atoms with Gasteiger partial charge in [0.15, 0.2) is 0 Å². The predicted molar refractivity (Wildman–Crippen MR) is 48.8 cm³/mol. The van der Waals surface area contributed by atoms with Gasteiger partial charge >= 0.3 is 0 Å². The number of hydrogen-bond acceptors (Lipinski definition) is 3. The van der Waals surface area contributed by atoms with E-state index in [1.807, 2.05) is 6.92 Å². The lowest BCUT2D eigenvalue weighted by molar-refractivity contribution is 0.183. The quantitative estimate of drug-likeness (QED) is 0.653. The molecule has 0 saturated heterocycles. The van der Waals surface area contributed by atoms with Crippen LogP contribution in [0.25, 0.3) is 0 Å². The molecule has 0 rings (SSSR count). The summed E-state index contributed by atoms with van der Waals surface area (Å²) in [4.78, 5) is 0. The normalized spacial score (nSPS) is 15.2. The van der Waals surface area contributed by atoms with Crippen LogP contribution in [0.1, 0.15) is 26.7 Å². The third kappa shape index (κ3) is 6.14. The summed E-state index contributed by atoms with van der Waals surface area (Å²) in [5.41, 5.74) is 0. The first-order valence-electron chi connectivity index (χ1n) is 4.32. The van der Waals surface area contributed by atoms with Gasteiger partial charge in [-0.05, 0) is 20.3 Å². The van der Waals surface area contributed by atoms with Crippen molar-refractivity contribution in [1.29, 1.82) is 5.26 Å². The molecule has 3 nitrogen and oxygen atoms in total. The van der Waals surface area contributed by atoms with Gasteiger partial charge in [0, 0.05) is 25.8 Å². The number of nitrogens with zero attached hydrogens (tertiary/aromatic N) is 1. The monoisotopic (exact) mass is 170 g/mol. The topological polar surface area (TPSA) is 45.0 Å². The highest BCUT2D eigenvalue weighted by atomic mass is 16.5. The minimum absolute atomic E-state index is 0.279. The van der Waals surface area contributed by atoms with Crippen molar-refractivity contribution in [1.82, 2.24) is 5.32 Å². The number of nitrogens with one attached hydrogen (secondary N) is 1. The van der Waals surface area contributed by atoms with Crippen LogP contribution in [0.2, 0.25) is 0 Å². The standard InChI is InChI=1S/C9H18N2O/c1-8(4-6-10)11-9(2)5-7-12-3/h8-9,11H,4-5,7H2,1-3H3. The van der Waals surface area contributed by atoms with Crippen molar-refractivity contribution >= 4 is 0 Å². The summed E-state index contributed by atoms with van der Waals surface area (Å²) >= 11 is 0. The van der Waals surface area contributed by atoms with Gasteiger partial charge in [0.25, 0.3) is 0 Å². The summed E-state index contributed by atoms with van der Waals surface area (Å²) < 4.78 is 4.95. The molecule has 0 aromatic heterocycles. The minimum atomic E-state index is 0.279. The van der Waals surface area contributed by atoms with E-state index in [0.29, 0.717) is 12.5 Å². The minimum Gasteiger partial charge on any atom is -0.385 e. The molecule has 0 spiro atoms. The van der Waals surface area contributed by atoms with Crippen LogP contribution in [0.15, 0.2) is 0 Å². The maximum atomic E-state index is 8.41. The van der Waals surface area contributed by atoms with Crippen LogP contribution in [-0.2, 0) is 4.74 Å². The maximum Gasteiger partial charge on any atom is 0.0638 e. The summed E-state index contributed by atoms with van der Waals surface area (Å²) in [5.74, 6) is 0. The lowest BCUT2D eigenvalue weighted by Crippen LogP contribution is -2.34.